The summed E-state index contributed by atoms with van der Waals surface area (Å²) >= 11 is 13.4. The van der Waals surface area contributed by atoms with Gasteiger partial charge in [-0.25, -0.2) is 0 Å². The average molecular weight is 328 g/mol. The fourth-order valence-corrected chi connectivity index (χ4v) is 2.63. The van der Waals surface area contributed by atoms with Crippen molar-refractivity contribution in [3.63, 3.8) is 0 Å². The van der Waals surface area contributed by atoms with Crippen LogP contribution in [-0.4, -0.2) is 16.1 Å². The minimum atomic E-state index is -0.306. The number of aryl methyl sites for hydroxylation is 1. The second-order valence-electron chi connectivity index (χ2n) is 3.81. The van der Waals surface area contributed by atoms with Gasteiger partial charge in [0.15, 0.2) is 0 Å². The first-order chi connectivity index (χ1) is 9.60. The molecule has 1 aromatic carbocycles. The van der Waals surface area contributed by atoms with Crippen LogP contribution in [0.25, 0.3) is 6.08 Å². The topological polar surface area (TPSA) is 54.9 Å². The molecule has 20 heavy (non-hydrogen) atoms. The van der Waals surface area contributed by atoms with Crippen LogP contribution in [0.5, 0.6) is 0 Å². The number of benzene rings is 1. The number of carbonyl (C=O) groups excluding carboxylic acids is 1. The number of hydrogen-bond acceptors (Lipinski definition) is 4. The van der Waals surface area contributed by atoms with E-state index in [0.29, 0.717) is 20.7 Å². The molecule has 4 nitrogen and oxygen atoms in total. The van der Waals surface area contributed by atoms with Crippen LogP contribution in [0.4, 0.5) is 5.13 Å². The minimum absolute atomic E-state index is 0.306. The van der Waals surface area contributed by atoms with Crippen LogP contribution in [0.1, 0.15) is 17.5 Å². The number of hydrogen-bond donors (Lipinski definition) is 1. The molecule has 0 aliphatic heterocycles. The van der Waals surface area contributed by atoms with E-state index in [-0.39, 0.29) is 5.91 Å². The SMILES string of the molecule is CCc1nnc(NC(=O)C=Cc2c(Cl)cccc2Cl)s1. The lowest BCUT2D eigenvalue weighted by molar-refractivity contribution is -0.111. The van der Waals surface area contributed by atoms with Gasteiger partial charge in [-0.05, 0) is 24.6 Å². The summed E-state index contributed by atoms with van der Waals surface area (Å²) in [5.74, 6) is -0.306. The molecule has 1 heterocycles. The van der Waals surface area contributed by atoms with E-state index in [4.69, 9.17) is 23.2 Å². The lowest BCUT2D eigenvalue weighted by Gasteiger charge is -2.00. The van der Waals surface area contributed by atoms with Crippen LogP contribution in [0.3, 0.4) is 0 Å². The van der Waals surface area contributed by atoms with Crippen molar-refractivity contribution in [1.82, 2.24) is 10.2 Å². The number of rotatable bonds is 4. The van der Waals surface area contributed by atoms with Gasteiger partial charge < -0.3 is 0 Å². The number of carbonyl (C=O) groups is 1. The van der Waals surface area contributed by atoms with E-state index in [2.05, 4.69) is 15.5 Å². The van der Waals surface area contributed by atoms with Crippen molar-refractivity contribution < 1.29 is 4.79 Å². The molecular formula is C13H11Cl2N3OS. The molecule has 0 aliphatic rings. The van der Waals surface area contributed by atoms with Gasteiger partial charge in [0, 0.05) is 21.7 Å². The van der Waals surface area contributed by atoms with Crippen LogP contribution in [0.15, 0.2) is 24.3 Å². The molecule has 0 spiro atoms. The van der Waals surface area contributed by atoms with Gasteiger partial charge in [-0.2, -0.15) is 0 Å². The zero-order chi connectivity index (χ0) is 14.5. The molecule has 1 amide bonds. The zero-order valence-corrected chi connectivity index (χ0v) is 12.9. The second-order valence-corrected chi connectivity index (χ2v) is 5.69. The summed E-state index contributed by atoms with van der Waals surface area (Å²) in [6.07, 6.45) is 3.72. The van der Waals surface area contributed by atoms with E-state index >= 15 is 0 Å². The third kappa shape index (κ3) is 3.79. The van der Waals surface area contributed by atoms with Gasteiger partial charge in [0.25, 0.3) is 0 Å². The monoisotopic (exact) mass is 327 g/mol. The number of halogens is 2. The Kier molecular flexibility index (Phi) is 5.11. The van der Waals surface area contributed by atoms with E-state index in [1.54, 1.807) is 24.3 Å². The Morgan fingerprint density at radius 3 is 2.65 bits per heavy atom. The molecule has 104 valence electrons. The molecule has 0 aliphatic carbocycles. The molecule has 0 unspecified atom stereocenters. The van der Waals surface area contributed by atoms with E-state index in [1.807, 2.05) is 6.92 Å². The Balaban J connectivity index is 2.06. The van der Waals surface area contributed by atoms with Crippen molar-refractivity contribution in [3.05, 3.63) is 44.9 Å². The van der Waals surface area contributed by atoms with Crippen molar-refractivity contribution in [3.8, 4) is 0 Å². The predicted molar refractivity (Wildman–Crippen MR) is 83.4 cm³/mol. The van der Waals surface area contributed by atoms with Crippen molar-refractivity contribution in [2.24, 2.45) is 0 Å². The van der Waals surface area contributed by atoms with Gasteiger partial charge in [0.1, 0.15) is 5.01 Å². The Morgan fingerprint density at radius 1 is 1.35 bits per heavy atom. The standard InChI is InChI=1S/C13H11Cl2N3OS/c1-2-12-17-18-13(20-12)16-11(19)7-6-8-9(14)4-3-5-10(8)15/h3-7H,2H2,1H3,(H,16,18,19). The van der Waals surface area contributed by atoms with Crippen LogP contribution in [-0.2, 0) is 11.2 Å². The molecule has 0 fully saturated rings. The highest BCUT2D eigenvalue weighted by Gasteiger charge is 2.06. The molecular weight excluding hydrogens is 317 g/mol. The van der Waals surface area contributed by atoms with Gasteiger partial charge in [0.2, 0.25) is 11.0 Å². The molecule has 0 bridgehead atoms. The van der Waals surface area contributed by atoms with Gasteiger partial charge in [-0.1, -0.05) is 47.5 Å². The highest BCUT2D eigenvalue weighted by molar-refractivity contribution is 7.15. The summed E-state index contributed by atoms with van der Waals surface area (Å²) < 4.78 is 0. The third-order valence-corrected chi connectivity index (χ3v) is 4.04. The molecule has 2 aromatic rings. The van der Waals surface area contributed by atoms with Crippen molar-refractivity contribution in [2.45, 2.75) is 13.3 Å². The highest BCUT2D eigenvalue weighted by atomic mass is 35.5. The Morgan fingerprint density at radius 2 is 2.05 bits per heavy atom. The molecule has 7 heteroatoms. The molecule has 0 atom stereocenters. The number of amides is 1. The van der Waals surface area contributed by atoms with Crippen LogP contribution in [0, 0.1) is 0 Å². The lowest BCUT2D eigenvalue weighted by atomic mass is 10.2. The summed E-state index contributed by atoms with van der Waals surface area (Å²) in [5.41, 5.74) is 0.609. The second kappa shape index (κ2) is 6.83. The first-order valence-electron chi connectivity index (χ1n) is 5.85. The van der Waals surface area contributed by atoms with E-state index in [1.165, 1.54) is 17.4 Å². The fraction of sp³-hybridized carbons (Fsp3) is 0.154. The predicted octanol–water partition coefficient (Wildman–Crippen LogP) is 4.06. The summed E-state index contributed by atoms with van der Waals surface area (Å²) in [5, 5.41) is 12.8. The quantitative estimate of drug-likeness (QED) is 0.861. The Bertz CT molecular complexity index is 635. The summed E-state index contributed by atoms with van der Waals surface area (Å²) in [4.78, 5) is 11.8. The zero-order valence-electron chi connectivity index (χ0n) is 10.6. The maximum absolute atomic E-state index is 11.8. The van der Waals surface area contributed by atoms with Crippen molar-refractivity contribution in [2.75, 3.05) is 5.32 Å². The Hall–Kier alpha value is -1.43. The van der Waals surface area contributed by atoms with Crippen molar-refractivity contribution in [1.29, 1.82) is 0 Å². The number of anilines is 1. The average Bonchev–Trinajstić information content (AvgIpc) is 2.86. The first-order valence-corrected chi connectivity index (χ1v) is 7.43. The molecule has 1 N–H and O–H groups in total. The normalized spacial score (nSPS) is 10.9. The van der Waals surface area contributed by atoms with E-state index in [9.17, 15) is 4.79 Å². The van der Waals surface area contributed by atoms with Gasteiger partial charge >= 0.3 is 0 Å². The highest BCUT2D eigenvalue weighted by Crippen LogP contribution is 2.25. The summed E-state index contributed by atoms with van der Waals surface area (Å²) in [7, 11) is 0. The first kappa shape index (κ1) is 15.0. The van der Waals surface area contributed by atoms with Crippen molar-refractivity contribution >= 4 is 51.7 Å². The lowest BCUT2D eigenvalue weighted by Crippen LogP contribution is -2.07. The van der Waals surface area contributed by atoms with Gasteiger partial charge in [-0.15, -0.1) is 10.2 Å². The minimum Gasteiger partial charge on any atom is -0.297 e. The van der Waals surface area contributed by atoms with Gasteiger partial charge in [0.05, 0.1) is 0 Å². The maximum atomic E-state index is 11.8. The molecule has 0 saturated heterocycles. The van der Waals surface area contributed by atoms with Crippen LogP contribution in [0.2, 0.25) is 10.0 Å². The molecule has 1 aromatic heterocycles. The third-order valence-electron chi connectivity index (χ3n) is 2.40. The van der Waals surface area contributed by atoms with E-state index < -0.39 is 0 Å². The summed E-state index contributed by atoms with van der Waals surface area (Å²) in [6.45, 7) is 1.98. The van der Waals surface area contributed by atoms with Gasteiger partial charge in [-0.3, -0.25) is 10.1 Å². The van der Waals surface area contributed by atoms with Crippen LogP contribution < -0.4 is 5.32 Å². The Labute approximate surface area is 130 Å². The smallest absolute Gasteiger partial charge is 0.250 e. The fourth-order valence-electron chi connectivity index (χ4n) is 1.42. The molecule has 0 saturated carbocycles. The molecule has 0 radical (unpaired) electrons. The summed E-state index contributed by atoms with van der Waals surface area (Å²) in [6, 6.07) is 5.17. The van der Waals surface area contributed by atoms with Crippen LogP contribution >= 0.6 is 34.5 Å². The number of nitrogens with zero attached hydrogens (tertiary/aromatic N) is 2. The molecule has 2 rings (SSSR count). The number of nitrogens with one attached hydrogen (secondary N) is 1. The largest absolute Gasteiger partial charge is 0.297 e. The number of aromatic nitrogens is 2. The van der Waals surface area contributed by atoms with E-state index in [0.717, 1.165) is 11.4 Å². The maximum Gasteiger partial charge on any atom is 0.250 e.